The molecule has 1 heterocycles. The topological polar surface area (TPSA) is 88.2 Å². The normalized spacial score (nSPS) is 38.6. The lowest BCUT2D eigenvalue weighted by Crippen LogP contribution is -2.50. The highest BCUT2D eigenvalue weighted by molar-refractivity contribution is 7.90. The Morgan fingerprint density at radius 1 is 1.03 bits per heavy atom. The molecule has 4 rings (SSSR count). The molecule has 0 bridgehead atoms. The quantitative estimate of drug-likeness (QED) is 0.650. The number of hydrogen-bond donors (Lipinski definition) is 1. The van der Waals surface area contributed by atoms with E-state index in [0.717, 1.165) is 38.5 Å². The van der Waals surface area contributed by atoms with Crippen molar-refractivity contribution in [3.63, 3.8) is 0 Å². The minimum absolute atomic E-state index is 0.0265. The summed E-state index contributed by atoms with van der Waals surface area (Å²) >= 11 is 0. The molecule has 0 aromatic carbocycles. The summed E-state index contributed by atoms with van der Waals surface area (Å²) in [5.41, 5.74) is -0.254. The minimum Gasteiger partial charge on any atom is -0.381 e. The fourth-order valence-corrected chi connectivity index (χ4v) is 7.66. The summed E-state index contributed by atoms with van der Waals surface area (Å²) in [5.74, 6) is 0.336. The molecule has 5 atom stereocenters. The van der Waals surface area contributed by atoms with Crippen LogP contribution in [0.2, 0.25) is 0 Å². The Morgan fingerprint density at radius 2 is 1.67 bits per heavy atom. The van der Waals surface area contributed by atoms with Crippen molar-refractivity contribution in [1.82, 2.24) is 14.5 Å². The number of sulfonamides is 1. The lowest BCUT2D eigenvalue weighted by atomic mass is 9.83. The number of carbonyl (C=O) groups is 1. The Bertz CT molecular complexity index is 744. The van der Waals surface area contributed by atoms with Crippen LogP contribution in [0.15, 0.2) is 0 Å². The summed E-state index contributed by atoms with van der Waals surface area (Å²) in [5, 5.41) is -0.420. The molecular formula is C21H37N3O5S. The van der Waals surface area contributed by atoms with Crippen LogP contribution in [0.5, 0.6) is 0 Å². The van der Waals surface area contributed by atoms with E-state index in [9.17, 15) is 13.2 Å². The molecule has 4 fully saturated rings. The minimum atomic E-state index is -3.36. The second-order valence-corrected chi connectivity index (χ2v) is 12.1. The van der Waals surface area contributed by atoms with E-state index in [1.54, 1.807) is 19.1 Å². The molecule has 0 spiro atoms. The third-order valence-corrected chi connectivity index (χ3v) is 9.93. The smallest absolute Gasteiger partial charge is 0.320 e. The molecule has 0 radical (unpaired) electrons. The lowest BCUT2D eigenvalue weighted by Gasteiger charge is -2.39. The summed E-state index contributed by atoms with van der Waals surface area (Å²) in [4.78, 5) is 16.8. The van der Waals surface area contributed by atoms with Crippen molar-refractivity contribution in [2.24, 2.45) is 5.92 Å². The van der Waals surface area contributed by atoms with Crippen LogP contribution in [0.25, 0.3) is 0 Å². The standard InChI is InChI=1S/C21H37N3O5S/c1-21(7-8-21)22-30(26,27)17-5-6-18-19(12-17)23(2)20(25)24(18)13-14-9-15(28-3)11-16(10-14)29-4/h14-19,22H,5-13H2,1-4H3. The number of nitrogens with zero attached hydrogens (tertiary/aromatic N) is 2. The Balaban J connectivity index is 1.42. The van der Waals surface area contributed by atoms with E-state index in [1.807, 2.05) is 18.9 Å². The van der Waals surface area contributed by atoms with E-state index < -0.39 is 15.3 Å². The van der Waals surface area contributed by atoms with E-state index >= 15 is 0 Å². The van der Waals surface area contributed by atoms with Gasteiger partial charge in [-0.2, -0.15) is 0 Å². The molecular weight excluding hydrogens is 406 g/mol. The molecule has 172 valence electrons. The van der Waals surface area contributed by atoms with Gasteiger partial charge in [0.15, 0.2) is 0 Å². The first-order valence-electron chi connectivity index (χ1n) is 11.3. The van der Waals surface area contributed by atoms with Crippen LogP contribution in [0, 0.1) is 5.92 Å². The van der Waals surface area contributed by atoms with Gasteiger partial charge in [-0.1, -0.05) is 0 Å². The fourth-order valence-electron chi connectivity index (χ4n) is 5.71. The van der Waals surface area contributed by atoms with Gasteiger partial charge in [0.25, 0.3) is 0 Å². The molecule has 30 heavy (non-hydrogen) atoms. The van der Waals surface area contributed by atoms with Gasteiger partial charge in [0, 0.05) is 33.4 Å². The summed E-state index contributed by atoms with van der Waals surface area (Å²) in [6.07, 6.45) is 6.75. The highest BCUT2D eigenvalue weighted by Crippen LogP contribution is 2.40. The number of carbonyl (C=O) groups excluding carboxylic acids is 1. The number of likely N-dealkylation sites (N-methyl/N-ethyl adjacent to an activating group) is 1. The fraction of sp³-hybridized carbons (Fsp3) is 0.952. The van der Waals surface area contributed by atoms with E-state index in [-0.39, 0.29) is 35.9 Å². The Labute approximate surface area is 180 Å². The highest BCUT2D eigenvalue weighted by Gasteiger charge is 2.51. The average Bonchev–Trinajstić information content (AvgIpc) is 3.40. The van der Waals surface area contributed by atoms with E-state index in [4.69, 9.17) is 9.47 Å². The summed E-state index contributed by atoms with van der Waals surface area (Å²) in [7, 11) is 1.93. The first-order chi connectivity index (χ1) is 14.2. The maximum atomic E-state index is 13.1. The van der Waals surface area contributed by atoms with Crippen molar-refractivity contribution < 1.29 is 22.7 Å². The van der Waals surface area contributed by atoms with Crippen LogP contribution in [-0.2, 0) is 19.5 Å². The first-order valence-corrected chi connectivity index (χ1v) is 12.8. The molecule has 2 amide bonds. The van der Waals surface area contributed by atoms with Gasteiger partial charge in [-0.05, 0) is 64.2 Å². The molecule has 3 aliphatic carbocycles. The summed E-state index contributed by atoms with van der Waals surface area (Å²) in [6, 6.07) is 0.0768. The monoisotopic (exact) mass is 443 g/mol. The van der Waals surface area contributed by atoms with Crippen LogP contribution in [-0.4, -0.2) is 87.1 Å². The number of rotatable bonds is 7. The Hall–Kier alpha value is -0.900. The molecule has 1 saturated heterocycles. The van der Waals surface area contributed by atoms with Gasteiger partial charge in [-0.25, -0.2) is 17.9 Å². The van der Waals surface area contributed by atoms with Crippen LogP contribution < -0.4 is 4.72 Å². The van der Waals surface area contributed by atoms with Crippen LogP contribution in [0.4, 0.5) is 4.79 Å². The van der Waals surface area contributed by atoms with E-state index in [2.05, 4.69) is 4.72 Å². The van der Waals surface area contributed by atoms with Crippen molar-refractivity contribution >= 4 is 16.1 Å². The van der Waals surface area contributed by atoms with Crippen LogP contribution in [0.1, 0.15) is 58.3 Å². The van der Waals surface area contributed by atoms with Gasteiger partial charge in [0.1, 0.15) is 0 Å². The number of fused-ring (bicyclic) bond motifs is 1. The average molecular weight is 444 g/mol. The van der Waals surface area contributed by atoms with E-state index in [0.29, 0.717) is 25.3 Å². The van der Waals surface area contributed by atoms with E-state index in [1.165, 1.54) is 0 Å². The zero-order valence-corrected chi connectivity index (χ0v) is 19.5. The zero-order valence-electron chi connectivity index (χ0n) is 18.7. The maximum absolute atomic E-state index is 13.1. The molecule has 5 unspecified atom stereocenters. The van der Waals surface area contributed by atoms with Crippen LogP contribution in [0.3, 0.4) is 0 Å². The Morgan fingerprint density at radius 3 is 2.23 bits per heavy atom. The predicted octanol–water partition coefficient (Wildman–Crippen LogP) is 1.95. The summed E-state index contributed by atoms with van der Waals surface area (Å²) in [6.45, 7) is 2.66. The Kier molecular flexibility index (Phi) is 6.11. The number of hydrogen-bond acceptors (Lipinski definition) is 5. The van der Waals surface area contributed by atoms with Gasteiger partial charge in [0.05, 0.1) is 29.5 Å². The number of nitrogens with one attached hydrogen (secondary N) is 1. The lowest BCUT2D eigenvalue weighted by molar-refractivity contribution is -0.0344. The highest BCUT2D eigenvalue weighted by atomic mass is 32.2. The van der Waals surface area contributed by atoms with Gasteiger partial charge >= 0.3 is 6.03 Å². The molecule has 8 nitrogen and oxygen atoms in total. The molecule has 1 aliphatic heterocycles. The van der Waals surface area contributed by atoms with Crippen molar-refractivity contribution in [3.8, 4) is 0 Å². The maximum Gasteiger partial charge on any atom is 0.320 e. The second kappa shape index (κ2) is 8.22. The molecule has 1 N–H and O–H groups in total. The van der Waals surface area contributed by atoms with Crippen LogP contribution >= 0.6 is 0 Å². The molecule has 9 heteroatoms. The van der Waals surface area contributed by atoms with Crippen molar-refractivity contribution in [3.05, 3.63) is 0 Å². The largest absolute Gasteiger partial charge is 0.381 e. The SMILES string of the molecule is COC1CC(CN2C(=O)N(C)C3CC(S(=O)(=O)NC4(C)CC4)CCC32)CC(OC)C1. The van der Waals surface area contributed by atoms with Gasteiger partial charge in [-0.15, -0.1) is 0 Å². The van der Waals surface area contributed by atoms with Crippen molar-refractivity contribution in [1.29, 1.82) is 0 Å². The number of methoxy groups -OCH3 is 2. The number of amides is 2. The molecule has 0 aromatic rings. The number of urea groups is 1. The molecule has 0 aromatic heterocycles. The third kappa shape index (κ3) is 4.36. The van der Waals surface area contributed by atoms with Gasteiger partial charge in [-0.3, -0.25) is 0 Å². The zero-order chi connectivity index (χ0) is 21.7. The molecule has 3 saturated carbocycles. The predicted molar refractivity (Wildman–Crippen MR) is 114 cm³/mol. The first kappa shape index (κ1) is 22.3. The van der Waals surface area contributed by atoms with Gasteiger partial charge < -0.3 is 19.3 Å². The second-order valence-electron chi connectivity index (χ2n) is 10.1. The van der Waals surface area contributed by atoms with Gasteiger partial charge in [0.2, 0.25) is 10.0 Å². The third-order valence-electron chi connectivity index (χ3n) is 7.85. The number of ether oxygens (including phenoxy) is 2. The molecule has 4 aliphatic rings. The summed E-state index contributed by atoms with van der Waals surface area (Å²) < 4.78 is 39.9. The van der Waals surface area contributed by atoms with Crippen molar-refractivity contribution in [2.45, 2.75) is 93.4 Å². The van der Waals surface area contributed by atoms with Crippen molar-refractivity contribution in [2.75, 3.05) is 27.8 Å².